The Morgan fingerprint density at radius 1 is 0.644 bits per heavy atom. The highest BCUT2D eigenvalue weighted by molar-refractivity contribution is 8.19. The highest BCUT2D eigenvalue weighted by Crippen LogP contribution is 2.56. The summed E-state index contributed by atoms with van der Waals surface area (Å²) in [6.07, 6.45) is 0. The zero-order valence-corrected chi connectivity index (χ0v) is 32.3. The predicted molar refractivity (Wildman–Crippen MR) is 213 cm³/mol. The summed E-state index contributed by atoms with van der Waals surface area (Å²) < 4.78 is 106. The van der Waals surface area contributed by atoms with E-state index in [1.165, 1.54) is 54.6 Å². The lowest BCUT2D eigenvalue weighted by molar-refractivity contribution is 0.0697. The molecule has 24 heteroatoms. The van der Waals surface area contributed by atoms with Crippen LogP contribution in [0.2, 0.25) is 0 Å². The third-order valence-electron chi connectivity index (χ3n) is 8.28. The van der Waals surface area contributed by atoms with Crippen LogP contribution in [-0.4, -0.2) is 67.5 Å². The maximum absolute atomic E-state index is 12.6. The molecule has 0 unspecified atom stereocenters. The van der Waals surface area contributed by atoms with Crippen molar-refractivity contribution in [3.05, 3.63) is 90.5 Å². The number of nitrogens with two attached hydrogens (primary N) is 1. The summed E-state index contributed by atoms with van der Waals surface area (Å²) in [5.41, 5.74) is 3.30. The lowest BCUT2D eigenvalue weighted by atomic mass is 10.0. The van der Waals surface area contributed by atoms with Gasteiger partial charge >= 0.3 is 5.97 Å². The summed E-state index contributed by atoms with van der Waals surface area (Å²) in [6, 6.07) is 17.5. The molecule has 0 aliphatic carbocycles. The molecule has 0 aliphatic rings. The van der Waals surface area contributed by atoms with Crippen LogP contribution in [0.25, 0.3) is 21.5 Å². The van der Waals surface area contributed by atoms with Crippen LogP contribution in [0.5, 0.6) is 17.2 Å². The molecule has 0 radical (unpaired) electrons. The van der Waals surface area contributed by atoms with E-state index in [1.54, 1.807) is 19.1 Å². The summed E-state index contributed by atoms with van der Waals surface area (Å²) in [5.74, 6) is -2.74. The SMILES string of the molecule is CCOc1ccc(N=Nc2c(S(=O)(=O)O)cc3ccc(N=Nc4cc(S(=O)(=O)O)c5cc(S(O)(O)O)c(N=Nc6ccccc6C(=O)O)c(O)c5c4N)cc3c2O)cc1. The quantitative estimate of drug-likeness (QED) is 0.0314. The minimum Gasteiger partial charge on any atom is -0.505 e. The van der Waals surface area contributed by atoms with Crippen molar-refractivity contribution in [1.82, 2.24) is 0 Å². The second-order valence-electron chi connectivity index (χ2n) is 12.1. The van der Waals surface area contributed by atoms with Gasteiger partial charge in [0.05, 0.1) is 39.5 Å². The highest BCUT2D eigenvalue weighted by Gasteiger charge is 2.30. The van der Waals surface area contributed by atoms with E-state index in [-0.39, 0.29) is 33.4 Å². The minimum atomic E-state index is -5.25. The molecule has 10 N–H and O–H groups in total. The van der Waals surface area contributed by atoms with Gasteiger partial charge in [0.1, 0.15) is 49.2 Å². The van der Waals surface area contributed by atoms with Gasteiger partial charge in [-0.25, -0.2) is 4.79 Å². The van der Waals surface area contributed by atoms with Gasteiger partial charge in [-0.05, 0) is 79.0 Å². The normalized spacial score (nSPS) is 13.0. The van der Waals surface area contributed by atoms with E-state index in [0.29, 0.717) is 24.5 Å². The van der Waals surface area contributed by atoms with Gasteiger partial charge in [-0.3, -0.25) is 9.11 Å². The van der Waals surface area contributed by atoms with E-state index >= 15 is 0 Å². The fourth-order valence-corrected chi connectivity index (χ4v) is 7.67. The molecule has 0 amide bonds. The van der Waals surface area contributed by atoms with Crippen molar-refractivity contribution >= 4 is 98.4 Å². The van der Waals surface area contributed by atoms with Gasteiger partial charge < -0.3 is 39.4 Å². The summed E-state index contributed by atoms with van der Waals surface area (Å²) in [6.45, 7) is 2.20. The summed E-state index contributed by atoms with van der Waals surface area (Å²) >= 11 is 0. The van der Waals surface area contributed by atoms with Gasteiger partial charge in [-0.2, -0.15) is 27.1 Å². The lowest BCUT2D eigenvalue weighted by Crippen LogP contribution is -2.03. The maximum Gasteiger partial charge on any atom is 0.337 e. The van der Waals surface area contributed by atoms with Crippen LogP contribution in [-0.2, 0) is 20.2 Å². The summed E-state index contributed by atoms with van der Waals surface area (Å²) in [7, 11) is -15.1. The third kappa shape index (κ3) is 8.78. The second-order valence-corrected chi connectivity index (χ2v) is 16.4. The van der Waals surface area contributed by atoms with Crippen LogP contribution in [0, 0.1) is 0 Å². The molecule has 306 valence electrons. The number of fused-ring (bicyclic) bond motifs is 2. The third-order valence-corrected chi connectivity index (χ3v) is 10.9. The number of carbonyl (C=O) groups is 1. The largest absolute Gasteiger partial charge is 0.505 e. The molecule has 6 aromatic carbocycles. The molecular formula is C35H29N7O14S3. The number of hydrogen-bond acceptors (Lipinski definition) is 18. The van der Waals surface area contributed by atoms with Crippen LogP contribution >= 0.6 is 10.9 Å². The van der Waals surface area contributed by atoms with Crippen LogP contribution in [0.1, 0.15) is 17.3 Å². The molecule has 6 aromatic rings. The Labute approximate surface area is 334 Å². The molecule has 0 atom stereocenters. The lowest BCUT2D eigenvalue weighted by Gasteiger charge is -2.23. The number of benzene rings is 6. The highest BCUT2D eigenvalue weighted by atomic mass is 32.3. The zero-order chi connectivity index (χ0) is 43.0. The van der Waals surface area contributed by atoms with E-state index in [4.69, 9.17) is 10.5 Å². The molecule has 21 nitrogen and oxygen atoms in total. The Hall–Kier alpha value is -6.64. The Kier molecular flexibility index (Phi) is 11.4. The smallest absolute Gasteiger partial charge is 0.337 e. The number of aromatic carboxylic acids is 1. The Bertz CT molecular complexity index is 3010. The zero-order valence-electron chi connectivity index (χ0n) is 29.8. The number of aromatic hydroxyl groups is 2. The average Bonchev–Trinajstić information content (AvgIpc) is 3.16. The van der Waals surface area contributed by atoms with Crippen molar-refractivity contribution < 1.29 is 64.5 Å². The topological polar surface area (TPSA) is 357 Å². The van der Waals surface area contributed by atoms with E-state index in [1.807, 2.05) is 0 Å². The standard InChI is InChI=1S/C35H29N7O14S3/c1-2-56-20-11-9-18(10-12-20)37-41-31-27(58(50,51)52)13-17-7-8-19(14-22(17)33(31)43)38-40-25-16-26(57(47,48)49)23-15-28(59(53,54)55)32(34(44)29(23)30(25)36)42-39-24-6-4-3-5-21(24)35(45)46/h3-16,43-44,53-55H,2,36H2,1H3,(H,45,46)(H,47,48,49)(H,50,51,52). The van der Waals surface area contributed by atoms with Gasteiger partial charge in [0.15, 0.2) is 11.5 Å². The van der Waals surface area contributed by atoms with Crippen LogP contribution in [0.3, 0.4) is 0 Å². The van der Waals surface area contributed by atoms with Crippen molar-refractivity contribution in [2.45, 2.75) is 21.6 Å². The predicted octanol–water partition coefficient (Wildman–Crippen LogP) is 9.41. The average molecular weight is 868 g/mol. The van der Waals surface area contributed by atoms with Gasteiger partial charge in [0.25, 0.3) is 20.2 Å². The monoisotopic (exact) mass is 867 g/mol. The maximum atomic E-state index is 12.6. The first-order valence-electron chi connectivity index (χ1n) is 16.4. The Balaban J connectivity index is 1.49. The number of phenols is 2. The van der Waals surface area contributed by atoms with Crippen molar-refractivity contribution in [2.75, 3.05) is 12.3 Å². The number of anilines is 1. The number of ether oxygens (including phenoxy) is 1. The fraction of sp³-hybridized carbons (Fsp3) is 0.0571. The molecule has 59 heavy (non-hydrogen) atoms. The minimum absolute atomic E-state index is 0.0627. The van der Waals surface area contributed by atoms with E-state index in [2.05, 4.69) is 30.7 Å². The molecule has 0 saturated carbocycles. The second kappa shape index (κ2) is 16.0. The number of nitrogen functional groups attached to an aromatic ring is 1. The van der Waals surface area contributed by atoms with Crippen molar-refractivity contribution in [1.29, 1.82) is 0 Å². The van der Waals surface area contributed by atoms with Crippen LogP contribution < -0.4 is 10.5 Å². The first kappa shape index (κ1) is 42.0. The molecule has 0 fully saturated rings. The summed E-state index contributed by atoms with van der Waals surface area (Å²) in [5, 5.41) is 54.2. The van der Waals surface area contributed by atoms with Gasteiger partial charge in [0, 0.05) is 10.8 Å². The molecule has 0 bridgehead atoms. The van der Waals surface area contributed by atoms with Crippen LogP contribution in [0.4, 0.5) is 39.8 Å². The number of nitrogens with zero attached hydrogens (tertiary/aromatic N) is 6. The fourth-order valence-electron chi connectivity index (χ4n) is 5.64. The first-order chi connectivity index (χ1) is 27.7. The molecule has 0 aliphatic heterocycles. The summed E-state index contributed by atoms with van der Waals surface area (Å²) in [4.78, 5) is 8.92. The Morgan fingerprint density at radius 2 is 1.24 bits per heavy atom. The molecule has 6 rings (SSSR count). The van der Waals surface area contributed by atoms with Gasteiger partial charge in [0.2, 0.25) is 0 Å². The number of azo groups is 3. The van der Waals surface area contributed by atoms with E-state index < -0.39 is 96.8 Å². The molecule has 0 spiro atoms. The number of phenolic OH excluding ortho intramolecular Hbond substituents is 2. The molecule has 0 heterocycles. The van der Waals surface area contributed by atoms with Crippen molar-refractivity contribution in [2.24, 2.45) is 30.7 Å². The van der Waals surface area contributed by atoms with Gasteiger partial charge in [-0.15, -0.1) is 20.5 Å². The van der Waals surface area contributed by atoms with Crippen molar-refractivity contribution in [3.8, 4) is 17.2 Å². The first-order valence-corrected chi connectivity index (χ1v) is 20.7. The molecular weight excluding hydrogens is 839 g/mol. The number of carboxylic acid groups (broad SMARTS) is 1. The number of hydrogen-bond donors (Lipinski definition) is 9. The van der Waals surface area contributed by atoms with Crippen molar-refractivity contribution in [3.63, 3.8) is 0 Å². The van der Waals surface area contributed by atoms with Gasteiger partial charge in [-0.1, -0.05) is 18.2 Å². The Morgan fingerprint density at radius 3 is 1.86 bits per heavy atom. The van der Waals surface area contributed by atoms with Crippen LogP contribution in [0.15, 0.2) is 130 Å². The number of carboxylic acids is 1. The number of rotatable bonds is 12. The van der Waals surface area contributed by atoms with E-state index in [0.717, 1.165) is 6.07 Å². The van der Waals surface area contributed by atoms with E-state index in [9.17, 15) is 59.7 Å². The molecule has 0 saturated heterocycles. The molecule has 0 aromatic heterocycles.